The zero-order chi connectivity index (χ0) is 27.0. The van der Waals surface area contributed by atoms with E-state index in [4.69, 9.17) is 17.0 Å². The quantitative estimate of drug-likeness (QED) is 0.334. The maximum absolute atomic E-state index is 13.4. The number of aliphatic hydroxyl groups excluding tert-OH is 1. The van der Waals surface area contributed by atoms with E-state index in [1.165, 1.54) is 23.9 Å². The molecule has 2 bridgehead atoms. The van der Waals surface area contributed by atoms with Crippen molar-refractivity contribution in [3.63, 3.8) is 0 Å². The number of piperazine rings is 1. The summed E-state index contributed by atoms with van der Waals surface area (Å²) in [7, 11) is 0. The summed E-state index contributed by atoms with van der Waals surface area (Å²) in [5.41, 5.74) is 0.875. The lowest BCUT2D eigenvalue weighted by Gasteiger charge is -2.34. The number of aliphatic hydroxyl groups is 1. The zero-order valence-electron chi connectivity index (χ0n) is 20.1. The summed E-state index contributed by atoms with van der Waals surface area (Å²) < 4.78 is 40.2. The van der Waals surface area contributed by atoms with Crippen molar-refractivity contribution in [2.75, 3.05) is 31.6 Å². The molecule has 7 nitrogen and oxygen atoms in total. The van der Waals surface area contributed by atoms with Gasteiger partial charge in [0.15, 0.2) is 5.17 Å². The van der Waals surface area contributed by atoms with E-state index in [1.54, 1.807) is 24.3 Å². The number of hydrogen-bond acceptors (Lipinski definition) is 7. The summed E-state index contributed by atoms with van der Waals surface area (Å²) in [4.78, 5) is 21.8. The van der Waals surface area contributed by atoms with Crippen molar-refractivity contribution in [3.8, 4) is 0 Å². The number of nitrogens with zero attached hydrogens (tertiary/aromatic N) is 3. The fourth-order valence-corrected chi connectivity index (χ4v) is 6.33. The number of amidine groups is 1. The van der Waals surface area contributed by atoms with Gasteiger partial charge in [-0.3, -0.25) is 9.69 Å². The van der Waals surface area contributed by atoms with E-state index in [9.17, 15) is 23.1 Å². The first-order valence-corrected chi connectivity index (χ1v) is 13.2. The van der Waals surface area contributed by atoms with Crippen molar-refractivity contribution in [3.05, 3.63) is 68.6 Å². The fourth-order valence-electron chi connectivity index (χ4n) is 5.17. The highest BCUT2D eigenvalue weighted by molar-refractivity contribution is 8.18. The molecule has 1 amide bonds. The lowest BCUT2D eigenvalue weighted by atomic mass is 10.1. The van der Waals surface area contributed by atoms with Crippen LogP contribution in [0.4, 0.5) is 18.9 Å². The number of alkyl halides is 3. The Hall–Kier alpha value is -2.86. The number of likely N-dealkylation sites (tertiary alicyclic amines) is 2. The van der Waals surface area contributed by atoms with E-state index in [2.05, 4.69) is 20.1 Å². The average molecular weight is 564 g/mol. The Balaban J connectivity index is 1.27. The van der Waals surface area contributed by atoms with Crippen LogP contribution in [0.25, 0.3) is 6.08 Å². The maximum atomic E-state index is 13.4. The highest BCUT2D eigenvalue weighted by Gasteiger charge is 2.45. The molecule has 3 aliphatic heterocycles. The molecule has 200 valence electrons. The first kappa shape index (κ1) is 26.7. The third kappa shape index (κ3) is 5.47. The summed E-state index contributed by atoms with van der Waals surface area (Å²) in [5, 5.41) is 20.7. The standard InChI is InChI=1S/C26H25ClF3N5O2S/c27-18-3-2-16(21(9-18)26(28,29)30)12-32-22-4-1-15(7-17(22)11-31)8-23-24(37)33-25(38-23)35-14-19-10-20(35)13-34(19)5-6-36/h1-4,7-9,11,19-20,31-32,36H,5-6,10,12-14H2/b23-8-,31-11?/t19-,20-/m0/s1. The number of halogens is 4. The molecule has 2 fully saturated rings. The second-order valence-electron chi connectivity index (χ2n) is 9.37. The lowest BCUT2D eigenvalue weighted by Crippen LogP contribution is -2.48. The van der Waals surface area contributed by atoms with Crippen LogP contribution in [0, 0.1) is 5.41 Å². The van der Waals surface area contributed by atoms with Crippen molar-refractivity contribution in [2.45, 2.75) is 31.2 Å². The van der Waals surface area contributed by atoms with Gasteiger partial charge < -0.3 is 20.7 Å². The molecule has 0 aromatic heterocycles. The third-order valence-electron chi connectivity index (χ3n) is 6.97. The molecule has 0 aliphatic carbocycles. The molecule has 2 aromatic carbocycles. The molecule has 2 atom stereocenters. The number of amides is 1. The number of thioether (sulfide) groups is 1. The fraction of sp³-hybridized carbons (Fsp3) is 0.346. The summed E-state index contributed by atoms with van der Waals surface area (Å²) in [6, 6.07) is 9.39. The molecule has 5 rings (SSSR count). The number of rotatable bonds is 7. The van der Waals surface area contributed by atoms with Gasteiger partial charge in [-0.25, -0.2) is 0 Å². The summed E-state index contributed by atoms with van der Waals surface area (Å²) in [5.74, 6) is -0.319. The van der Waals surface area contributed by atoms with Crippen LogP contribution < -0.4 is 5.32 Å². The number of fused-ring (bicyclic) bond motifs is 2. The van der Waals surface area contributed by atoms with Gasteiger partial charge in [0.2, 0.25) is 0 Å². The monoisotopic (exact) mass is 563 g/mol. The minimum atomic E-state index is -4.54. The summed E-state index contributed by atoms with van der Waals surface area (Å²) in [6.45, 7) is 2.30. The number of carbonyl (C=O) groups excluding carboxylic acids is 1. The Bertz CT molecular complexity index is 1330. The van der Waals surface area contributed by atoms with Gasteiger partial charge in [-0.1, -0.05) is 23.7 Å². The number of carbonyl (C=O) groups is 1. The molecule has 12 heteroatoms. The molecule has 0 spiro atoms. The Morgan fingerprint density at radius 3 is 2.71 bits per heavy atom. The van der Waals surface area contributed by atoms with Crippen LogP contribution in [-0.2, 0) is 17.5 Å². The van der Waals surface area contributed by atoms with Crippen molar-refractivity contribution < 1.29 is 23.1 Å². The molecule has 2 aromatic rings. The molecular formula is C26H25ClF3N5O2S. The van der Waals surface area contributed by atoms with Gasteiger partial charge in [0.05, 0.1) is 17.1 Å². The van der Waals surface area contributed by atoms with Crippen LogP contribution in [0.5, 0.6) is 0 Å². The number of anilines is 1. The van der Waals surface area contributed by atoms with E-state index in [-0.39, 0.29) is 35.7 Å². The van der Waals surface area contributed by atoms with Crippen LogP contribution in [-0.4, -0.2) is 70.5 Å². The van der Waals surface area contributed by atoms with Crippen LogP contribution in [0.3, 0.4) is 0 Å². The number of hydrogen-bond donors (Lipinski definition) is 3. The molecule has 0 saturated carbocycles. The Kier molecular flexibility index (Phi) is 7.54. The van der Waals surface area contributed by atoms with E-state index in [0.29, 0.717) is 39.5 Å². The topological polar surface area (TPSA) is 92.0 Å². The molecule has 0 radical (unpaired) electrons. The Labute approximate surface area is 226 Å². The first-order chi connectivity index (χ1) is 18.2. The van der Waals surface area contributed by atoms with Crippen LogP contribution in [0.15, 0.2) is 46.3 Å². The number of aliphatic imine (C=N–C) groups is 1. The molecule has 3 heterocycles. The molecule has 0 unspecified atom stereocenters. The van der Waals surface area contributed by atoms with Gasteiger partial charge >= 0.3 is 6.18 Å². The largest absolute Gasteiger partial charge is 0.416 e. The normalized spacial score (nSPS) is 22.4. The van der Waals surface area contributed by atoms with Crippen molar-refractivity contribution in [1.82, 2.24) is 9.80 Å². The van der Waals surface area contributed by atoms with Crippen LogP contribution >= 0.6 is 23.4 Å². The highest BCUT2D eigenvalue weighted by Crippen LogP contribution is 2.38. The molecular weight excluding hydrogens is 539 g/mol. The summed E-state index contributed by atoms with van der Waals surface area (Å²) >= 11 is 7.09. The van der Waals surface area contributed by atoms with Crippen molar-refractivity contribution in [1.29, 1.82) is 5.41 Å². The maximum Gasteiger partial charge on any atom is 0.416 e. The van der Waals surface area contributed by atoms with Gasteiger partial charge in [-0.2, -0.15) is 18.2 Å². The molecule has 38 heavy (non-hydrogen) atoms. The third-order valence-corrected chi connectivity index (χ3v) is 8.23. The zero-order valence-corrected chi connectivity index (χ0v) is 21.7. The first-order valence-electron chi connectivity index (χ1n) is 12.0. The Morgan fingerprint density at radius 1 is 1.21 bits per heavy atom. The highest BCUT2D eigenvalue weighted by atomic mass is 35.5. The minimum absolute atomic E-state index is 0.00557. The predicted octanol–water partition coefficient (Wildman–Crippen LogP) is 4.69. The van der Waals surface area contributed by atoms with E-state index in [0.717, 1.165) is 31.8 Å². The second-order valence-corrected chi connectivity index (χ2v) is 10.8. The van der Waals surface area contributed by atoms with Crippen LogP contribution in [0.1, 0.15) is 28.7 Å². The van der Waals surface area contributed by atoms with Gasteiger partial charge in [0.25, 0.3) is 5.91 Å². The van der Waals surface area contributed by atoms with Gasteiger partial charge in [0.1, 0.15) is 0 Å². The summed E-state index contributed by atoms with van der Waals surface area (Å²) in [6.07, 6.45) is -0.720. The molecule has 3 aliphatic rings. The molecule has 3 N–H and O–H groups in total. The van der Waals surface area contributed by atoms with Gasteiger partial charge in [0, 0.05) is 60.8 Å². The predicted molar refractivity (Wildman–Crippen MR) is 144 cm³/mol. The minimum Gasteiger partial charge on any atom is -0.395 e. The van der Waals surface area contributed by atoms with Crippen molar-refractivity contribution in [2.24, 2.45) is 4.99 Å². The average Bonchev–Trinajstić information content (AvgIpc) is 3.57. The Morgan fingerprint density at radius 2 is 2.03 bits per heavy atom. The van der Waals surface area contributed by atoms with Gasteiger partial charge in [-0.05, 0) is 59.7 Å². The van der Waals surface area contributed by atoms with Crippen molar-refractivity contribution >= 4 is 52.4 Å². The van der Waals surface area contributed by atoms with E-state index < -0.39 is 11.7 Å². The number of nitrogens with one attached hydrogen (secondary N) is 2. The van der Waals surface area contributed by atoms with E-state index >= 15 is 0 Å². The molecule has 2 saturated heterocycles. The second kappa shape index (κ2) is 10.7. The smallest absolute Gasteiger partial charge is 0.395 e. The van der Waals surface area contributed by atoms with E-state index in [1.807, 2.05) is 0 Å². The number of benzene rings is 2. The van der Waals surface area contributed by atoms with Crippen LogP contribution in [0.2, 0.25) is 5.02 Å². The number of β-amino-alcohol motifs (C(OH)–C–C–N with tert-alkyl or cyclic N) is 1. The SMILES string of the molecule is N=Cc1cc(/C=C2\SC(N3C[C@@H]4C[C@H]3CN4CCO)=NC2=O)ccc1NCc1ccc(Cl)cc1C(F)(F)F. The van der Waals surface area contributed by atoms with Gasteiger partial charge in [-0.15, -0.1) is 0 Å². The lowest BCUT2D eigenvalue weighted by molar-refractivity contribution is -0.138.